The first-order valence-electron chi connectivity index (χ1n) is 19.3. The van der Waals surface area contributed by atoms with Gasteiger partial charge in [0.25, 0.3) is 0 Å². The number of ether oxygens (including phenoxy) is 3. The Kier molecular flexibility index (Phi) is 12.6. The molecule has 2 aromatic heterocycles. The molecule has 2 aliphatic carbocycles. The number of fused-ring (bicyclic) bond motifs is 1. The molecule has 2 saturated carbocycles. The Morgan fingerprint density at radius 1 is 1.11 bits per heavy atom. The molecule has 5 atom stereocenters. The van der Waals surface area contributed by atoms with E-state index in [4.69, 9.17) is 19.2 Å². The summed E-state index contributed by atoms with van der Waals surface area (Å²) >= 11 is 2.12. The normalized spacial score (nSPS) is 22.6. The number of carboxylic acids is 1. The third kappa shape index (κ3) is 9.12. The van der Waals surface area contributed by atoms with E-state index in [-0.39, 0.29) is 49.7 Å². The maximum absolute atomic E-state index is 14.7. The van der Waals surface area contributed by atoms with Crippen LogP contribution in [-0.4, -0.2) is 112 Å². The van der Waals surface area contributed by atoms with E-state index in [0.717, 1.165) is 53.7 Å². The molecule has 0 unspecified atom stereocenters. The van der Waals surface area contributed by atoms with Gasteiger partial charge < -0.3 is 9.84 Å². The van der Waals surface area contributed by atoms with Crippen LogP contribution >= 0.6 is 11.3 Å². The van der Waals surface area contributed by atoms with Crippen molar-refractivity contribution in [3.8, 4) is 22.9 Å². The molecule has 3 N–H and O–H groups in total. The van der Waals surface area contributed by atoms with E-state index in [0.29, 0.717) is 38.9 Å². The minimum Gasteiger partial charge on any atom is -0.481 e. The van der Waals surface area contributed by atoms with E-state index < -0.39 is 52.8 Å². The molecule has 3 aromatic rings. The molecule has 3 fully saturated rings. The number of carbonyl (C=O) groups excluding carboxylic acids is 4. The molecule has 6 rings (SSSR count). The van der Waals surface area contributed by atoms with Gasteiger partial charge in [0.1, 0.15) is 6.10 Å². The fourth-order valence-electron chi connectivity index (χ4n) is 7.65. The average Bonchev–Trinajstić information content (AvgIpc) is 3.57. The summed E-state index contributed by atoms with van der Waals surface area (Å²) in [5.74, 6) is -1.61. The number of carboxylic acid groups (broad SMARTS) is 1. The van der Waals surface area contributed by atoms with Crippen LogP contribution in [0.5, 0.6) is 11.5 Å². The topological polar surface area (TPSA) is 186 Å². The number of carbonyl (C=O) groups is 5. The molecule has 3 aliphatic rings. The Morgan fingerprint density at radius 2 is 1.82 bits per heavy atom. The van der Waals surface area contributed by atoms with Crippen LogP contribution in [0.25, 0.3) is 22.3 Å². The Balaban J connectivity index is 1.34. The number of methoxy groups -OCH3 is 1. The summed E-state index contributed by atoms with van der Waals surface area (Å²) < 4.78 is 18.9. The number of nitrogens with zero attached hydrogens (tertiary/aromatic N) is 3. The zero-order valence-electron chi connectivity index (χ0n) is 33.1. The van der Waals surface area contributed by atoms with Gasteiger partial charge in [0.2, 0.25) is 0 Å². The van der Waals surface area contributed by atoms with Crippen molar-refractivity contribution in [3.05, 3.63) is 36.2 Å². The first-order valence-corrected chi connectivity index (χ1v) is 21.9. The van der Waals surface area contributed by atoms with Crippen LogP contribution in [0.4, 0.5) is 9.93 Å². The number of aromatic nitrogens is 2. The number of hydrogen-bond donors (Lipinski definition) is 3. The molecule has 0 spiro atoms. The van der Waals surface area contributed by atoms with Gasteiger partial charge in [-0.1, -0.05) is 6.08 Å². The summed E-state index contributed by atoms with van der Waals surface area (Å²) in [6.07, 6.45) is 3.51. The van der Waals surface area contributed by atoms with Crippen molar-refractivity contribution < 1.29 is 43.3 Å². The second kappa shape index (κ2) is 17.0. The number of Topliss-reactive ketones (excluding diaryl/α,β-unsaturated/α-hetero) is 1. The van der Waals surface area contributed by atoms with Crippen molar-refractivity contribution in [1.29, 1.82) is 0 Å². The Bertz CT molecular complexity index is 2080. The van der Waals surface area contributed by atoms with Gasteiger partial charge in [0.15, 0.2) is 0 Å². The molecule has 16 heteroatoms. The van der Waals surface area contributed by atoms with Crippen LogP contribution < -0.4 is 23.4 Å². The SMILES string of the molecule is C=C[C@@H]1C[C@]1(CC(=O)[C@@H]1C[C@@H](Oc2cc(-c3csc(NC(=O)C(C)C)n3)nc3[c]([Bi])c(OC)ccc23)CN1C(=O)[C@@H](NC(=O)OC1CCCC1)C(C)(C)C)C(=O)O. The van der Waals surface area contributed by atoms with Gasteiger partial charge in [-0.05, 0) is 25.7 Å². The summed E-state index contributed by atoms with van der Waals surface area (Å²) in [5.41, 5.74) is -0.410. The average molecular weight is 998 g/mol. The molecule has 1 aromatic carbocycles. The molecular formula is C41H50BiN5O9S. The number of nitrogens with one attached hydrogen (secondary N) is 2. The quantitative estimate of drug-likeness (QED) is 0.138. The fourth-order valence-corrected chi connectivity index (χ4v) is 9.67. The second-order valence-electron chi connectivity index (χ2n) is 16.6. The molecule has 1 saturated heterocycles. The Labute approximate surface area is 351 Å². The molecule has 0 bridgehead atoms. The van der Waals surface area contributed by atoms with E-state index in [1.54, 1.807) is 38.5 Å². The number of alkyl carbamates (subject to hydrolysis) is 1. The first kappa shape index (κ1) is 42.4. The van der Waals surface area contributed by atoms with Crippen molar-refractivity contribution in [3.63, 3.8) is 0 Å². The molecule has 57 heavy (non-hydrogen) atoms. The van der Waals surface area contributed by atoms with Crippen molar-refractivity contribution in [1.82, 2.24) is 20.2 Å². The maximum atomic E-state index is 14.7. The van der Waals surface area contributed by atoms with Gasteiger partial charge >= 0.3 is 289 Å². The zero-order chi connectivity index (χ0) is 41.4. The van der Waals surface area contributed by atoms with Crippen LogP contribution in [0.2, 0.25) is 0 Å². The van der Waals surface area contributed by atoms with Gasteiger partial charge in [0.05, 0.1) is 0 Å². The minimum absolute atomic E-state index is 0.00446. The molecule has 14 nitrogen and oxygen atoms in total. The number of hydrogen-bond acceptors (Lipinski definition) is 11. The van der Waals surface area contributed by atoms with Crippen LogP contribution in [-0.2, 0) is 23.9 Å². The number of allylic oxidation sites excluding steroid dienone is 1. The van der Waals surface area contributed by atoms with Crippen molar-refractivity contribution in [2.75, 3.05) is 19.0 Å². The zero-order valence-corrected chi connectivity index (χ0v) is 37.4. The van der Waals surface area contributed by atoms with Crippen LogP contribution in [0, 0.1) is 22.7 Å². The van der Waals surface area contributed by atoms with Gasteiger partial charge in [-0.25, -0.2) is 4.79 Å². The van der Waals surface area contributed by atoms with Crippen LogP contribution in [0.3, 0.4) is 0 Å². The van der Waals surface area contributed by atoms with E-state index in [2.05, 4.69) is 22.2 Å². The number of thiazole rings is 1. The van der Waals surface area contributed by atoms with E-state index in [1.165, 1.54) is 16.2 Å². The van der Waals surface area contributed by atoms with Gasteiger partial charge in [-0.3, -0.25) is 4.79 Å². The number of amides is 3. The Morgan fingerprint density at radius 3 is 2.44 bits per heavy atom. The van der Waals surface area contributed by atoms with Crippen molar-refractivity contribution in [2.24, 2.45) is 22.7 Å². The summed E-state index contributed by atoms with van der Waals surface area (Å²) in [6.45, 7) is 12.8. The number of pyridine rings is 1. The fraction of sp³-hybridized carbons (Fsp3) is 0.537. The molecule has 2 radical (unpaired) electrons. The summed E-state index contributed by atoms with van der Waals surface area (Å²) in [5, 5.41) is 18.7. The number of aliphatic carboxylic acids is 1. The molecule has 3 amide bonds. The van der Waals surface area contributed by atoms with Gasteiger partial charge in [-0.2, -0.15) is 0 Å². The predicted octanol–water partition coefficient (Wildman–Crippen LogP) is 5.42. The smallest absolute Gasteiger partial charge is 0.481 e. The summed E-state index contributed by atoms with van der Waals surface area (Å²) in [4.78, 5) is 78.0. The Hall–Kier alpha value is -4.17. The molecule has 304 valence electrons. The molecular weight excluding hydrogens is 948 g/mol. The molecule has 3 heterocycles. The number of benzene rings is 1. The van der Waals surface area contributed by atoms with E-state index >= 15 is 0 Å². The van der Waals surface area contributed by atoms with Gasteiger partial charge in [0, 0.05) is 0 Å². The monoisotopic (exact) mass is 997 g/mol. The summed E-state index contributed by atoms with van der Waals surface area (Å²) in [7, 11) is 1.59. The van der Waals surface area contributed by atoms with E-state index in [9.17, 15) is 29.1 Å². The third-order valence-corrected chi connectivity index (χ3v) is 13.6. The number of rotatable bonds is 14. The number of likely N-dealkylation sites (tertiary alicyclic amines) is 1. The first-order chi connectivity index (χ1) is 26.9. The number of anilines is 1. The van der Waals surface area contributed by atoms with Gasteiger partial charge in [-0.15, -0.1) is 6.58 Å². The van der Waals surface area contributed by atoms with Crippen molar-refractivity contribution in [2.45, 2.75) is 104 Å². The third-order valence-electron chi connectivity index (χ3n) is 11.1. The minimum atomic E-state index is -1.28. The van der Waals surface area contributed by atoms with Crippen LogP contribution in [0.1, 0.15) is 79.6 Å². The molecule has 1 aliphatic heterocycles. The second-order valence-corrected chi connectivity index (χ2v) is 19.2. The van der Waals surface area contributed by atoms with Crippen LogP contribution in [0.15, 0.2) is 36.2 Å². The predicted molar refractivity (Wildman–Crippen MR) is 216 cm³/mol. The van der Waals surface area contributed by atoms with E-state index in [1.807, 2.05) is 32.9 Å². The van der Waals surface area contributed by atoms with Crippen molar-refractivity contribution >= 4 is 85.0 Å². The number of ketones is 1. The summed E-state index contributed by atoms with van der Waals surface area (Å²) in [6, 6.07) is 3.37. The standard InChI is InChI=1S/C41H50N5O9S.Bi/c1-8-23-18-41(23,37(50)51)19-32(47)31-16-26(20-46(31)36(49)34(40(4,5)6)44-39(52)55-24-11-9-10-12-24)54-33-17-29(42-28-15-25(53-7)13-14-27(28)33)30-21-56-38(43-30)45-35(48)22(2)3;/h8,13-14,17,21-24,26,31,34H,1,9-12,16,18-20H2,2-7H3,(H,44,52)(H,50,51)(H,43,45,48);/t23-,26-,31+,34-,41-;/m1./s1.